The first-order valence-electron chi connectivity index (χ1n) is 10.5. The molecule has 0 unspecified atom stereocenters. The Morgan fingerprint density at radius 1 is 0.833 bits per heavy atom. The molecule has 1 heterocycles. The number of nitrogens with zero attached hydrogens (tertiary/aromatic N) is 2. The minimum Gasteiger partial charge on any atom is -0.395 e. The lowest BCUT2D eigenvalue weighted by molar-refractivity contribution is 0.189. The lowest BCUT2D eigenvalue weighted by Crippen LogP contribution is -2.47. The summed E-state index contributed by atoms with van der Waals surface area (Å²) in [5.74, 6) is -0.255. The number of piperazine rings is 1. The summed E-state index contributed by atoms with van der Waals surface area (Å²) in [5, 5.41) is 12.6. The van der Waals surface area contributed by atoms with E-state index in [4.69, 9.17) is 5.11 Å². The summed E-state index contributed by atoms with van der Waals surface area (Å²) in [7, 11) is 0. The van der Waals surface area contributed by atoms with Crippen molar-refractivity contribution in [1.29, 1.82) is 0 Å². The summed E-state index contributed by atoms with van der Waals surface area (Å²) in [6.45, 7) is 4.43. The molecule has 0 aromatic heterocycles. The van der Waals surface area contributed by atoms with Gasteiger partial charge < -0.3 is 15.3 Å². The van der Waals surface area contributed by atoms with Gasteiger partial charge in [0.15, 0.2) is 0 Å². The van der Waals surface area contributed by atoms with E-state index in [-0.39, 0.29) is 18.5 Å². The molecule has 3 aromatic carbocycles. The molecule has 156 valence electrons. The van der Waals surface area contributed by atoms with E-state index < -0.39 is 0 Å². The summed E-state index contributed by atoms with van der Waals surface area (Å²) in [4.78, 5) is 4.53. The largest absolute Gasteiger partial charge is 0.395 e. The van der Waals surface area contributed by atoms with Crippen LogP contribution < -0.4 is 10.2 Å². The predicted octanol–water partition coefficient (Wildman–Crippen LogP) is 4.14. The molecule has 30 heavy (non-hydrogen) atoms. The van der Waals surface area contributed by atoms with Crippen LogP contribution in [0.1, 0.15) is 17.2 Å². The molecule has 4 rings (SSSR count). The van der Waals surface area contributed by atoms with Crippen LogP contribution in [0.15, 0.2) is 78.9 Å². The number of nitrogens with one attached hydrogen (secondary N) is 1. The summed E-state index contributed by atoms with van der Waals surface area (Å²) >= 11 is 0. The van der Waals surface area contributed by atoms with Crippen molar-refractivity contribution in [2.24, 2.45) is 0 Å². The van der Waals surface area contributed by atoms with Gasteiger partial charge in [-0.05, 0) is 29.3 Å². The Morgan fingerprint density at radius 3 is 2.00 bits per heavy atom. The van der Waals surface area contributed by atoms with Crippen LogP contribution in [0, 0.1) is 5.82 Å². The third-order valence-corrected chi connectivity index (χ3v) is 5.67. The summed E-state index contributed by atoms with van der Waals surface area (Å²) < 4.78 is 14.8. The average Bonchev–Trinajstić information content (AvgIpc) is 2.80. The second-order valence-corrected chi connectivity index (χ2v) is 7.62. The highest BCUT2D eigenvalue weighted by molar-refractivity contribution is 5.61. The Hall–Kier alpha value is -2.89. The molecule has 1 saturated heterocycles. The maximum Gasteiger partial charge on any atom is 0.146 e. The summed E-state index contributed by atoms with van der Waals surface area (Å²) in [5.41, 5.74) is 3.70. The first-order valence-corrected chi connectivity index (χ1v) is 10.5. The number of β-amino-alcohol motifs (C(OH)–C–C–N with tert-alkyl or cyclic N) is 1. The van der Waals surface area contributed by atoms with Crippen molar-refractivity contribution in [3.05, 3.63) is 95.8 Å². The monoisotopic (exact) mass is 405 g/mol. The fourth-order valence-electron chi connectivity index (χ4n) is 4.00. The number of halogens is 1. The smallest absolute Gasteiger partial charge is 0.146 e. The number of benzene rings is 3. The quantitative estimate of drug-likeness (QED) is 0.620. The normalized spacial score (nSPS) is 14.8. The zero-order chi connectivity index (χ0) is 20.8. The molecule has 0 radical (unpaired) electrons. The molecule has 0 bridgehead atoms. The van der Waals surface area contributed by atoms with Gasteiger partial charge in [0, 0.05) is 38.4 Å². The molecule has 5 heteroatoms. The maximum atomic E-state index is 14.8. The Bertz CT molecular complexity index is 888. The van der Waals surface area contributed by atoms with Gasteiger partial charge in [-0.25, -0.2) is 4.39 Å². The molecule has 0 atom stereocenters. The standard InChI is InChI=1S/C25H28FN3O/c26-23-12-11-22(29-15-13-28(14-16-29)17-18-30)19-24(23)27-25(20-7-3-1-4-8-20)21-9-5-2-6-10-21/h1-12,19,25,27,30H,13-18H2. The zero-order valence-electron chi connectivity index (χ0n) is 17.0. The summed E-state index contributed by atoms with van der Waals surface area (Å²) in [6.07, 6.45) is 0. The highest BCUT2D eigenvalue weighted by atomic mass is 19.1. The van der Waals surface area contributed by atoms with Crippen molar-refractivity contribution in [1.82, 2.24) is 4.90 Å². The Kier molecular flexibility index (Phi) is 6.62. The van der Waals surface area contributed by atoms with E-state index in [0.717, 1.165) is 43.0 Å². The van der Waals surface area contributed by atoms with E-state index in [2.05, 4.69) is 39.4 Å². The average molecular weight is 406 g/mol. The van der Waals surface area contributed by atoms with Crippen molar-refractivity contribution in [2.75, 3.05) is 49.5 Å². The van der Waals surface area contributed by atoms with Gasteiger partial charge >= 0.3 is 0 Å². The molecular weight excluding hydrogens is 377 g/mol. The first kappa shape index (κ1) is 20.4. The number of aliphatic hydroxyl groups is 1. The van der Waals surface area contributed by atoms with Crippen LogP contribution >= 0.6 is 0 Å². The molecule has 2 N–H and O–H groups in total. The molecule has 0 spiro atoms. The first-order chi connectivity index (χ1) is 14.7. The molecule has 3 aromatic rings. The topological polar surface area (TPSA) is 38.7 Å². The SMILES string of the molecule is OCCN1CCN(c2ccc(F)c(NC(c3ccccc3)c3ccccc3)c2)CC1. The maximum absolute atomic E-state index is 14.8. The lowest BCUT2D eigenvalue weighted by atomic mass is 9.98. The number of anilines is 2. The molecule has 0 amide bonds. The summed E-state index contributed by atoms with van der Waals surface area (Å²) in [6, 6.07) is 25.4. The third-order valence-electron chi connectivity index (χ3n) is 5.67. The number of hydrogen-bond donors (Lipinski definition) is 2. The van der Waals surface area contributed by atoms with Gasteiger partial charge in [-0.15, -0.1) is 0 Å². The van der Waals surface area contributed by atoms with Crippen molar-refractivity contribution in [3.63, 3.8) is 0 Å². The van der Waals surface area contributed by atoms with Crippen molar-refractivity contribution < 1.29 is 9.50 Å². The number of hydrogen-bond acceptors (Lipinski definition) is 4. The molecule has 1 fully saturated rings. The molecule has 1 aliphatic rings. The number of aliphatic hydroxyl groups excluding tert-OH is 1. The van der Waals surface area contributed by atoms with Gasteiger partial charge in [-0.2, -0.15) is 0 Å². The van der Waals surface area contributed by atoms with Crippen LogP contribution in [0.4, 0.5) is 15.8 Å². The molecule has 0 saturated carbocycles. The van der Waals surface area contributed by atoms with E-state index in [1.807, 2.05) is 48.5 Å². The van der Waals surface area contributed by atoms with Gasteiger partial charge in [-0.1, -0.05) is 60.7 Å². The highest BCUT2D eigenvalue weighted by Crippen LogP contribution is 2.30. The minimum absolute atomic E-state index is 0.140. The van der Waals surface area contributed by atoms with Crippen LogP contribution in [0.5, 0.6) is 0 Å². The Labute approximate surface area is 177 Å². The van der Waals surface area contributed by atoms with Crippen LogP contribution in [0.3, 0.4) is 0 Å². The fraction of sp³-hybridized carbons (Fsp3) is 0.280. The second kappa shape index (κ2) is 9.74. The van der Waals surface area contributed by atoms with Crippen molar-refractivity contribution >= 4 is 11.4 Å². The molecule has 0 aliphatic carbocycles. The van der Waals surface area contributed by atoms with Crippen LogP contribution in [-0.2, 0) is 0 Å². The van der Waals surface area contributed by atoms with Crippen LogP contribution in [0.2, 0.25) is 0 Å². The van der Waals surface area contributed by atoms with E-state index >= 15 is 0 Å². The highest BCUT2D eigenvalue weighted by Gasteiger charge is 2.20. The predicted molar refractivity (Wildman–Crippen MR) is 120 cm³/mol. The fourth-order valence-corrected chi connectivity index (χ4v) is 4.00. The van der Waals surface area contributed by atoms with Gasteiger partial charge in [0.05, 0.1) is 18.3 Å². The van der Waals surface area contributed by atoms with Gasteiger partial charge in [0.2, 0.25) is 0 Å². The Morgan fingerprint density at radius 2 is 1.43 bits per heavy atom. The molecule has 4 nitrogen and oxygen atoms in total. The molecular formula is C25H28FN3O. The van der Waals surface area contributed by atoms with Crippen LogP contribution in [-0.4, -0.2) is 49.3 Å². The number of rotatable bonds is 7. The van der Waals surface area contributed by atoms with E-state index in [0.29, 0.717) is 12.2 Å². The molecule has 1 aliphatic heterocycles. The Balaban J connectivity index is 1.57. The van der Waals surface area contributed by atoms with Crippen molar-refractivity contribution in [2.45, 2.75) is 6.04 Å². The van der Waals surface area contributed by atoms with Gasteiger partial charge in [0.25, 0.3) is 0 Å². The van der Waals surface area contributed by atoms with Gasteiger partial charge in [0.1, 0.15) is 5.82 Å². The zero-order valence-corrected chi connectivity index (χ0v) is 17.0. The van der Waals surface area contributed by atoms with Crippen molar-refractivity contribution in [3.8, 4) is 0 Å². The van der Waals surface area contributed by atoms with Crippen LogP contribution in [0.25, 0.3) is 0 Å². The van der Waals surface area contributed by atoms with E-state index in [9.17, 15) is 4.39 Å². The van der Waals surface area contributed by atoms with Gasteiger partial charge in [-0.3, -0.25) is 4.90 Å². The second-order valence-electron chi connectivity index (χ2n) is 7.62. The lowest BCUT2D eigenvalue weighted by Gasteiger charge is -2.36. The minimum atomic E-state index is -0.255. The van der Waals surface area contributed by atoms with E-state index in [1.165, 1.54) is 0 Å². The third kappa shape index (κ3) is 4.81. The van der Waals surface area contributed by atoms with E-state index in [1.54, 1.807) is 6.07 Å².